The Kier molecular flexibility index (Phi) is 6.31. The maximum absolute atomic E-state index is 2.21. The van der Waals surface area contributed by atoms with Crippen molar-refractivity contribution < 1.29 is 10.1 Å². The molecule has 134 valence electrons. The molecule has 0 aromatic heterocycles. The first kappa shape index (κ1) is 19.4. The Bertz CT molecular complexity index is 848. The summed E-state index contributed by atoms with van der Waals surface area (Å²) >= 11 is 0. The minimum Gasteiger partial charge on any atom is -0.870 e. The van der Waals surface area contributed by atoms with Crippen molar-refractivity contribution in [3.8, 4) is 0 Å². The van der Waals surface area contributed by atoms with Gasteiger partial charge in [-0.05, 0) is 46.6 Å². The highest BCUT2D eigenvalue weighted by atomic mass is 16.0. The topological polar surface area (TPSA) is 36.2 Å². The minimum absolute atomic E-state index is 0. The van der Waals surface area contributed by atoms with Crippen LogP contribution < -0.4 is 4.90 Å². The molecular formula is C23H26N2O. The van der Waals surface area contributed by atoms with Gasteiger partial charge in [0.2, 0.25) is 0 Å². The lowest BCUT2D eigenvalue weighted by atomic mass is 9.90. The van der Waals surface area contributed by atoms with E-state index in [4.69, 9.17) is 0 Å². The van der Waals surface area contributed by atoms with Crippen molar-refractivity contribution in [1.29, 1.82) is 0 Å². The maximum atomic E-state index is 2.21. The molecule has 0 unspecified atom stereocenters. The van der Waals surface area contributed by atoms with Gasteiger partial charge in [-0.15, -0.1) is 0 Å². The Balaban J connectivity index is 0.00000243. The summed E-state index contributed by atoms with van der Waals surface area (Å²) in [5.74, 6) is 0. The fraction of sp³-hybridized carbons (Fsp3) is 0.174. The van der Waals surface area contributed by atoms with E-state index in [0.29, 0.717) is 0 Å². The smallest absolute Gasteiger partial charge is 0.199 e. The minimum atomic E-state index is 0. The summed E-state index contributed by atoms with van der Waals surface area (Å²) in [6, 6.07) is 19.4. The van der Waals surface area contributed by atoms with Crippen LogP contribution in [0.5, 0.6) is 0 Å². The molecule has 0 aliphatic heterocycles. The lowest BCUT2D eigenvalue weighted by Crippen LogP contribution is -2.10. The lowest BCUT2D eigenvalue weighted by Gasteiger charge is -2.16. The van der Waals surface area contributed by atoms with Gasteiger partial charge >= 0.3 is 0 Å². The fourth-order valence-corrected chi connectivity index (χ4v) is 2.96. The van der Waals surface area contributed by atoms with Crippen LogP contribution in [0.1, 0.15) is 11.1 Å². The second-order valence-electron chi connectivity index (χ2n) is 6.62. The Morgan fingerprint density at radius 3 is 1.77 bits per heavy atom. The summed E-state index contributed by atoms with van der Waals surface area (Å²) in [4.78, 5) is 2.12. The largest absolute Gasteiger partial charge is 0.870 e. The molecule has 2 aromatic rings. The highest BCUT2D eigenvalue weighted by molar-refractivity contribution is 6.03. The van der Waals surface area contributed by atoms with Crippen molar-refractivity contribution in [2.24, 2.45) is 0 Å². The first-order chi connectivity index (χ1) is 12.1. The molecule has 0 heterocycles. The van der Waals surface area contributed by atoms with E-state index in [1.165, 1.54) is 33.7 Å². The van der Waals surface area contributed by atoms with Crippen molar-refractivity contribution >= 4 is 17.0 Å². The van der Waals surface area contributed by atoms with Gasteiger partial charge in [-0.2, -0.15) is 0 Å². The maximum Gasteiger partial charge on any atom is 0.199 e. The molecule has 0 bridgehead atoms. The van der Waals surface area contributed by atoms with Crippen LogP contribution in [0, 0.1) is 0 Å². The molecule has 0 fully saturated rings. The predicted molar refractivity (Wildman–Crippen MR) is 111 cm³/mol. The van der Waals surface area contributed by atoms with Gasteiger partial charge in [0.25, 0.3) is 0 Å². The fourth-order valence-electron chi connectivity index (χ4n) is 2.96. The molecule has 0 saturated heterocycles. The summed E-state index contributed by atoms with van der Waals surface area (Å²) in [5, 5.41) is 0. The molecule has 1 N–H and O–H groups in total. The number of allylic oxidation sites excluding steroid dienone is 5. The third-order valence-electron chi connectivity index (χ3n) is 4.41. The quantitative estimate of drug-likeness (QED) is 0.780. The van der Waals surface area contributed by atoms with Gasteiger partial charge in [0, 0.05) is 31.9 Å². The van der Waals surface area contributed by atoms with E-state index in [9.17, 15) is 0 Å². The molecule has 0 amide bonds. The summed E-state index contributed by atoms with van der Waals surface area (Å²) in [6.45, 7) is 0. The Morgan fingerprint density at radius 2 is 1.27 bits per heavy atom. The second-order valence-corrected chi connectivity index (χ2v) is 6.62. The summed E-state index contributed by atoms with van der Waals surface area (Å²) < 4.78 is 2.12. The number of hydrogen-bond donors (Lipinski definition) is 0. The zero-order valence-corrected chi connectivity index (χ0v) is 15.8. The summed E-state index contributed by atoms with van der Waals surface area (Å²) in [7, 11) is 8.27. The van der Waals surface area contributed by atoms with Crippen LogP contribution in [0.4, 0.5) is 5.69 Å². The zero-order valence-electron chi connectivity index (χ0n) is 15.8. The number of benzene rings is 2. The molecule has 26 heavy (non-hydrogen) atoms. The van der Waals surface area contributed by atoms with Gasteiger partial charge in [-0.25, -0.2) is 4.58 Å². The molecule has 0 spiro atoms. The van der Waals surface area contributed by atoms with E-state index in [-0.39, 0.29) is 5.48 Å². The highest BCUT2D eigenvalue weighted by Crippen LogP contribution is 2.30. The van der Waals surface area contributed by atoms with Crippen LogP contribution >= 0.6 is 0 Å². The van der Waals surface area contributed by atoms with E-state index in [0.717, 1.165) is 0 Å². The molecule has 3 heteroatoms. The van der Waals surface area contributed by atoms with Crippen LogP contribution in [0.3, 0.4) is 0 Å². The van der Waals surface area contributed by atoms with E-state index in [2.05, 4.69) is 117 Å². The molecule has 0 atom stereocenters. The van der Waals surface area contributed by atoms with Crippen LogP contribution in [0.25, 0.3) is 5.57 Å². The summed E-state index contributed by atoms with van der Waals surface area (Å²) in [6.07, 6.45) is 8.76. The molecule has 3 nitrogen and oxygen atoms in total. The van der Waals surface area contributed by atoms with Crippen molar-refractivity contribution in [2.75, 3.05) is 33.1 Å². The number of nitrogens with zero attached hydrogens (tertiary/aromatic N) is 2. The first-order valence-corrected chi connectivity index (χ1v) is 8.54. The third kappa shape index (κ3) is 4.19. The molecule has 0 saturated carbocycles. The van der Waals surface area contributed by atoms with Crippen molar-refractivity contribution in [3.05, 3.63) is 95.6 Å². The Morgan fingerprint density at radius 1 is 0.731 bits per heavy atom. The van der Waals surface area contributed by atoms with Gasteiger partial charge in [-0.3, -0.25) is 0 Å². The third-order valence-corrected chi connectivity index (χ3v) is 4.41. The first-order valence-electron chi connectivity index (χ1n) is 8.54. The van der Waals surface area contributed by atoms with Crippen molar-refractivity contribution in [3.63, 3.8) is 0 Å². The van der Waals surface area contributed by atoms with Crippen LogP contribution in [0.15, 0.2) is 84.5 Å². The Hall–Kier alpha value is -2.91. The SMILES string of the molecule is CN(C)c1ccc(C(=C2C=CC(=[N+](C)C)C=C2)c2ccccc2)cc1.[OH-]. The predicted octanol–water partition coefficient (Wildman–Crippen LogP) is 4.22. The molecule has 1 aliphatic carbocycles. The van der Waals surface area contributed by atoms with Gasteiger partial charge < -0.3 is 10.4 Å². The van der Waals surface area contributed by atoms with E-state index in [1.54, 1.807) is 0 Å². The molecule has 1 aliphatic rings. The monoisotopic (exact) mass is 346 g/mol. The molecule has 3 rings (SSSR count). The van der Waals surface area contributed by atoms with E-state index >= 15 is 0 Å². The highest BCUT2D eigenvalue weighted by Gasteiger charge is 2.13. The number of rotatable bonds is 3. The van der Waals surface area contributed by atoms with Gasteiger partial charge in [-0.1, -0.05) is 42.5 Å². The van der Waals surface area contributed by atoms with Crippen LogP contribution in [-0.2, 0) is 0 Å². The zero-order chi connectivity index (χ0) is 17.8. The average Bonchev–Trinajstić information content (AvgIpc) is 2.64. The number of hydrogen-bond acceptors (Lipinski definition) is 2. The van der Waals surface area contributed by atoms with E-state index in [1.807, 2.05) is 0 Å². The molecule has 0 radical (unpaired) electrons. The van der Waals surface area contributed by atoms with Gasteiger partial charge in [0.15, 0.2) is 5.71 Å². The lowest BCUT2D eigenvalue weighted by molar-refractivity contribution is -0.462. The normalized spacial score (nSPS) is 12.6. The van der Waals surface area contributed by atoms with Gasteiger partial charge in [0.05, 0.1) is 0 Å². The Labute approximate surface area is 156 Å². The standard InChI is InChI=1S/C23H25N2.H2O/c1-24(2)21-14-10-19(11-15-21)23(18-8-6-5-7-9-18)20-12-16-22(17-13-20)25(3)4;/h5-17H,1-4H3;1H2/q+1;/p-1. The average molecular weight is 346 g/mol. The second kappa shape index (κ2) is 8.45. The van der Waals surface area contributed by atoms with Crippen LogP contribution in [-0.4, -0.2) is 44.0 Å². The van der Waals surface area contributed by atoms with Crippen LogP contribution in [0.2, 0.25) is 0 Å². The van der Waals surface area contributed by atoms with Crippen molar-refractivity contribution in [2.45, 2.75) is 0 Å². The molecular weight excluding hydrogens is 320 g/mol. The summed E-state index contributed by atoms with van der Waals surface area (Å²) in [5.41, 5.74) is 7.37. The van der Waals surface area contributed by atoms with E-state index < -0.39 is 0 Å². The van der Waals surface area contributed by atoms with Gasteiger partial charge in [0.1, 0.15) is 14.1 Å². The molecule has 2 aromatic carbocycles. The van der Waals surface area contributed by atoms with Crippen molar-refractivity contribution in [1.82, 2.24) is 0 Å². The number of anilines is 1.